The Hall–Kier alpha value is -2.75. The van der Waals surface area contributed by atoms with Gasteiger partial charge in [0.05, 0.1) is 5.52 Å². The van der Waals surface area contributed by atoms with Crippen LogP contribution in [-0.2, 0) is 0 Å². The summed E-state index contributed by atoms with van der Waals surface area (Å²) in [5.41, 5.74) is 3.21. The van der Waals surface area contributed by atoms with Crippen molar-refractivity contribution in [3.8, 4) is 11.4 Å². The highest BCUT2D eigenvalue weighted by atomic mass is 15.0. The molecule has 0 saturated heterocycles. The maximum absolute atomic E-state index is 4.48. The third-order valence-electron chi connectivity index (χ3n) is 3.64. The zero-order valence-corrected chi connectivity index (χ0v) is 11.9. The third kappa shape index (κ3) is 1.88. The van der Waals surface area contributed by atoms with Gasteiger partial charge in [-0.15, -0.1) is 0 Å². The van der Waals surface area contributed by atoms with E-state index in [1.165, 1.54) is 10.8 Å². The number of rotatable bonds is 1. The van der Waals surface area contributed by atoms with E-state index in [2.05, 4.69) is 44.2 Å². The first-order chi connectivity index (χ1) is 10.2. The quantitative estimate of drug-likeness (QED) is 0.574. The zero-order chi connectivity index (χ0) is 14.4. The Morgan fingerprint density at radius 2 is 1.48 bits per heavy atom. The minimum Gasteiger partial charge on any atom is -0.354 e. The van der Waals surface area contributed by atoms with E-state index in [4.69, 9.17) is 0 Å². The van der Waals surface area contributed by atoms with Gasteiger partial charge in [-0.05, 0) is 26.0 Å². The highest BCUT2D eigenvalue weighted by Gasteiger charge is 2.12. The molecule has 0 spiro atoms. The Morgan fingerprint density at radius 3 is 2.29 bits per heavy atom. The number of aryl methyl sites for hydroxylation is 2. The van der Waals surface area contributed by atoms with Crippen molar-refractivity contribution in [2.75, 3.05) is 0 Å². The van der Waals surface area contributed by atoms with E-state index in [1.54, 1.807) is 0 Å². The van der Waals surface area contributed by atoms with Gasteiger partial charge in [0.25, 0.3) is 0 Å². The van der Waals surface area contributed by atoms with Crippen LogP contribution < -0.4 is 0 Å². The van der Waals surface area contributed by atoms with Crippen molar-refractivity contribution in [3.05, 3.63) is 54.1 Å². The number of aromatic nitrogens is 4. The standard InChI is InChI=1S/C17H14N4/c1-10-18-11(2)20-17(19-10)14-8-5-7-13-12-6-3-4-9-15(12)21-16(13)14/h3-9,21H,1-2H3. The average molecular weight is 274 g/mol. The van der Waals surface area contributed by atoms with Gasteiger partial charge in [-0.2, -0.15) is 0 Å². The SMILES string of the molecule is Cc1nc(C)nc(-c2cccc3c2[nH]c2ccccc23)n1. The van der Waals surface area contributed by atoms with Crippen LogP contribution in [0.3, 0.4) is 0 Å². The van der Waals surface area contributed by atoms with Gasteiger partial charge in [0.15, 0.2) is 5.82 Å². The fraction of sp³-hybridized carbons (Fsp3) is 0.118. The summed E-state index contributed by atoms with van der Waals surface area (Å²) < 4.78 is 0. The molecule has 0 aliphatic heterocycles. The van der Waals surface area contributed by atoms with Crippen LogP contribution in [0.15, 0.2) is 42.5 Å². The molecule has 2 aromatic carbocycles. The number of hydrogen-bond donors (Lipinski definition) is 1. The van der Waals surface area contributed by atoms with Gasteiger partial charge in [-0.3, -0.25) is 0 Å². The minimum atomic E-state index is 0.720. The molecule has 4 rings (SSSR count). The van der Waals surface area contributed by atoms with E-state index in [0.717, 1.165) is 34.1 Å². The van der Waals surface area contributed by atoms with E-state index in [-0.39, 0.29) is 0 Å². The molecule has 0 aliphatic carbocycles. The molecule has 2 aromatic heterocycles. The predicted octanol–water partition coefficient (Wildman–Crippen LogP) is 3.79. The second-order valence-corrected chi connectivity index (χ2v) is 5.15. The highest BCUT2D eigenvalue weighted by Crippen LogP contribution is 2.31. The van der Waals surface area contributed by atoms with E-state index >= 15 is 0 Å². The molecular formula is C17H14N4. The summed E-state index contributed by atoms with van der Waals surface area (Å²) >= 11 is 0. The van der Waals surface area contributed by atoms with Crippen LogP contribution in [-0.4, -0.2) is 19.9 Å². The van der Waals surface area contributed by atoms with E-state index in [1.807, 2.05) is 32.0 Å². The van der Waals surface area contributed by atoms with E-state index < -0.39 is 0 Å². The van der Waals surface area contributed by atoms with Crippen LogP contribution >= 0.6 is 0 Å². The van der Waals surface area contributed by atoms with Crippen LogP contribution in [0, 0.1) is 13.8 Å². The first-order valence-electron chi connectivity index (χ1n) is 6.91. The van der Waals surface area contributed by atoms with Gasteiger partial charge in [0.2, 0.25) is 0 Å². The van der Waals surface area contributed by atoms with Crippen molar-refractivity contribution < 1.29 is 0 Å². The zero-order valence-electron chi connectivity index (χ0n) is 11.9. The summed E-state index contributed by atoms with van der Waals surface area (Å²) in [5.74, 6) is 2.20. The van der Waals surface area contributed by atoms with Crippen molar-refractivity contribution in [2.24, 2.45) is 0 Å². The van der Waals surface area contributed by atoms with Gasteiger partial charge < -0.3 is 4.98 Å². The maximum Gasteiger partial charge on any atom is 0.165 e. The van der Waals surface area contributed by atoms with Gasteiger partial charge in [0, 0.05) is 21.9 Å². The molecular weight excluding hydrogens is 260 g/mol. The molecule has 1 N–H and O–H groups in total. The molecule has 0 bridgehead atoms. The summed E-state index contributed by atoms with van der Waals surface area (Å²) in [6.07, 6.45) is 0. The highest BCUT2D eigenvalue weighted by molar-refractivity contribution is 6.11. The fourth-order valence-corrected chi connectivity index (χ4v) is 2.80. The molecule has 4 aromatic rings. The number of H-pyrrole nitrogens is 1. The van der Waals surface area contributed by atoms with Crippen molar-refractivity contribution >= 4 is 21.8 Å². The topological polar surface area (TPSA) is 54.5 Å². The molecule has 0 atom stereocenters. The molecule has 2 heterocycles. The monoisotopic (exact) mass is 274 g/mol. The van der Waals surface area contributed by atoms with Crippen LogP contribution in [0.4, 0.5) is 0 Å². The third-order valence-corrected chi connectivity index (χ3v) is 3.64. The van der Waals surface area contributed by atoms with Crippen molar-refractivity contribution in [3.63, 3.8) is 0 Å². The fourth-order valence-electron chi connectivity index (χ4n) is 2.80. The molecule has 0 fully saturated rings. The number of para-hydroxylation sites is 2. The largest absolute Gasteiger partial charge is 0.354 e. The average Bonchev–Trinajstić information content (AvgIpc) is 2.84. The first kappa shape index (κ1) is 12.0. The van der Waals surface area contributed by atoms with Gasteiger partial charge >= 0.3 is 0 Å². The van der Waals surface area contributed by atoms with E-state index in [0.29, 0.717) is 0 Å². The molecule has 21 heavy (non-hydrogen) atoms. The van der Waals surface area contributed by atoms with Gasteiger partial charge in [-0.25, -0.2) is 15.0 Å². The lowest BCUT2D eigenvalue weighted by atomic mass is 10.1. The maximum atomic E-state index is 4.48. The Kier molecular flexibility index (Phi) is 2.51. The molecule has 0 radical (unpaired) electrons. The summed E-state index contributed by atoms with van der Waals surface area (Å²) in [5, 5.41) is 2.41. The summed E-state index contributed by atoms with van der Waals surface area (Å²) in [7, 11) is 0. The Bertz CT molecular complexity index is 949. The lowest BCUT2D eigenvalue weighted by Gasteiger charge is -2.04. The molecule has 4 nitrogen and oxygen atoms in total. The lowest BCUT2D eigenvalue weighted by molar-refractivity contribution is 0.929. The van der Waals surface area contributed by atoms with Crippen LogP contribution in [0.2, 0.25) is 0 Å². The second-order valence-electron chi connectivity index (χ2n) is 5.15. The molecule has 0 amide bonds. The van der Waals surface area contributed by atoms with Gasteiger partial charge in [-0.1, -0.05) is 30.3 Å². The first-order valence-corrected chi connectivity index (χ1v) is 6.91. The molecule has 0 aliphatic rings. The lowest BCUT2D eigenvalue weighted by Crippen LogP contribution is -1.99. The number of benzene rings is 2. The van der Waals surface area contributed by atoms with Crippen molar-refractivity contribution in [2.45, 2.75) is 13.8 Å². The molecule has 102 valence electrons. The molecule has 0 saturated carbocycles. The Balaban J connectivity index is 2.09. The predicted molar refractivity (Wildman–Crippen MR) is 84.1 cm³/mol. The van der Waals surface area contributed by atoms with Crippen molar-refractivity contribution in [1.29, 1.82) is 0 Å². The van der Waals surface area contributed by atoms with Crippen molar-refractivity contribution in [1.82, 2.24) is 19.9 Å². The number of aromatic amines is 1. The van der Waals surface area contributed by atoms with Crippen LogP contribution in [0.25, 0.3) is 33.2 Å². The summed E-state index contributed by atoms with van der Waals surface area (Å²) in [6.45, 7) is 3.78. The number of nitrogens with one attached hydrogen (secondary N) is 1. The Morgan fingerprint density at radius 1 is 0.762 bits per heavy atom. The van der Waals surface area contributed by atoms with E-state index in [9.17, 15) is 0 Å². The summed E-state index contributed by atoms with van der Waals surface area (Å²) in [4.78, 5) is 16.7. The molecule has 0 unspecified atom stereocenters. The molecule has 4 heteroatoms. The van der Waals surface area contributed by atoms with Crippen LogP contribution in [0.1, 0.15) is 11.6 Å². The van der Waals surface area contributed by atoms with Gasteiger partial charge in [0.1, 0.15) is 11.6 Å². The normalized spacial score (nSPS) is 11.3. The minimum absolute atomic E-state index is 0.720. The number of hydrogen-bond acceptors (Lipinski definition) is 3. The summed E-state index contributed by atoms with van der Waals surface area (Å²) in [6, 6.07) is 14.5. The smallest absolute Gasteiger partial charge is 0.165 e. The number of fused-ring (bicyclic) bond motifs is 3. The van der Waals surface area contributed by atoms with Crippen LogP contribution in [0.5, 0.6) is 0 Å². The second kappa shape index (κ2) is 4.38. The Labute approximate surface area is 121 Å². The number of nitrogens with zero attached hydrogens (tertiary/aromatic N) is 3.